The van der Waals surface area contributed by atoms with Gasteiger partial charge in [-0.15, -0.1) is 0 Å². The number of amides is 3. The van der Waals surface area contributed by atoms with Crippen molar-refractivity contribution in [1.29, 1.82) is 0 Å². The number of rotatable bonds is 5. The van der Waals surface area contributed by atoms with Crippen molar-refractivity contribution in [2.45, 2.75) is 19.9 Å². The Morgan fingerprint density at radius 1 is 1.00 bits per heavy atom. The van der Waals surface area contributed by atoms with Crippen molar-refractivity contribution in [3.63, 3.8) is 0 Å². The number of benzene rings is 3. The number of nitrogens with one attached hydrogen (secondary N) is 1. The fourth-order valence-corrected chi connectivity index (χ4v) is 3.98. The summed E-state index contributed by atoms with van der Waals surface area (Å²) in [5.41, 5.74) is 4.12. The van der Waals surface area contributed by atoms with E-state index in [4.69, 9.17) is 11.6 Å². The molecule has 0 spiro atoms. The van der Waals surface area contributed by atoms with Crippen molar-refractivity contribution in [3.05, 3.63) is 94.5 Å². The highest BCUT2D eigenvalue weighted by molar-refractivity contribution is 6.34. The molecule has 158 valence electrons. The summed E-state index contributed by atoms with van der Waals surface area (Å²) < 4.78 is 0. The Hall–Kier alpha value is -3.31. The molecule has 1 N–H and O–H groups in total. The monoisotopic (exact) mass is 433 g/mol. The molecule has 0 aliphatic carbocycles. The SMILES string of the molecule is Cc1ccccc1CN1CCCN(c2cccc(NC(=O)c3ccccc3Cl)c2)C1=O. The van der Waals surface area contributed by atoms with E-state index >= 15 is 0 Å². The molecule has 3 aromatic rings. The minimum Gasteiger partial charge on any atom is -0.322 e. The van der Waals surface area contributed by atoms with Gasteiger partial charge in [-0.05, 0) is 54.8 Å². The predicted octanol–water partition coefficient (Wildman–Crippen LogP) is 5.73. The number of halogens is 1. The minimum absolute atomic E-state index is 0.0240. The van der Waals surface area contributed by atoms with E-state index in [9.17, 15) is 9.59 Å². The molecular weight excluding hydrogens is 410 g/mol. The minimum atomic E-state index is -0.283. The molecule has 31 heavy (non-hydrogen) atoms. The summed E-state index contributed by atoms with van der Waals surface area (Å²) in [6, 6.07) is 22.4. The van der Waals surface area contributed by atoms with Crippen molar-refractivity contribution in [1.82, 2.24) is 4.90 Å². The molecule has 0 saturated carbocycles. The molecule has 3 amide bonds. The van der Waals surface area contributed by atoms with E-state index in [0.29, 0.717) is 29.4 Å². The van der Waals surface area contributed by atoms with Gasteiger partial charge in [-0.3, -0.25) is 9.69 Å². The van der Waals surface area contributed by atoms with Crippen LogP contribution in [0.25, 0.3) is 0 Å². The van der Waals surface area contributed by atoms with Gasteiger partial charge in [0.2, 0.25) is 0 Å². The Kier molecular flexibility index (Phi) is 6.23. The largest absolute Gasteiger partial charge is 0.324 e. The third-order valence-electron chi connectivity index (χ3n) is 5.47. The highest BCUT2D eigenvalue weighted by Crippen LogP contribution is 2.25. The molecule has 1 heterocycles. The zero-order valence-electron chi connectivity index (χ0n) is 17.3. The van der Waals surface area contributed by atoms with E-state index < -0.39 is 0 Å². The number of nitrogens with zero attached hydrogens (tertiary/aromatic N) is 2. The topological polar surface area (TPSA) is 52.6 Å². The standard InChI is InChI=1S/C25H24ClN3O2/c1-18-8-2-3-9-19(18)17-28-14-7-15-29(25(28)31)21-11-6-10-20(16-21)27-24(30)22-12-4-5-13-23(22)26/h2-6,8-13,16H,7,14-15,17H2,1H3,(H,27,30). The maximum absolute atomic E-state index is 13.2. The van der Waals surface area contributed by atoms with Crippen LogP contribution in [0.2, 0.25) is 5.02 Å². The summed E-state index contributed by atoms with van der Waals surface area (Å²) >= 11 is 6.13. The van der Waals surface area contributed by atoms with Crippen LogP contribution in [0.15, 0.2) is 72.8 Å². The van der Waals surface area contributed by atoms with Gasteiger partial charge in [-0.2, -0.15) is 0 Å². The van der Waals surface area contributed by atoms with Crippen LogP contribution in [-0.2, 0) is 6.54 Å². The lowest BCUT2D eigenvalue weighted by molar-refractivity contribution is 0.102. The maximum atomic E-state index is 13.2. The first kappa shape index (κ1) is 20.9. The number of carbonyl (C=O) groups excluding carboxylic acids is 2. The van der Waals surface area contributed by atoms with Crippen LogP contribution in [0.5, 0.6) is 0 Å². The van der Waals surface area contributed by atoms with E-state index in [0.717, 1.165) is 24.2 Å². The first-order chi connectivity index (χ1) is 15.0. The fraction of sp³-hybridized carbons (Fsp3) is 0.200. The smallest absolute Gasteiger partial charge is 0.322 e. The Balaban J connectivity index is 1.50. The van der Waals surface area contributed by atoms with Gasteiger partial charge < -0.3 is 10.2 Å². The van der Waals surface area contributed by atoms with Crippen molar-refractivity contribution < 1.29 is 9.59 Å². The van der Waals surface area contributed by atoms with Gasteiger partial charge >= 0.3 is 6.03 Å². The lowest BCUT2D eigenvalue weighted by Gasteiger charge is -2.36. The Morgan fingerprint density at radius 2 is 1.77 bits per heavy atom. The van der Waals surface area contributed by atoms with E-state index in [1.165, 1.54) is 5.56 Å². The average molecular weight is 434 g/mol. The predicted molar refractivity (Wildman–Crippen MR) is 125 cm³/mol. The average Bonchev–Trinajstić information content (AvgIpc) is 2.77. The van der Waals surface area contributed by atoms with Crippen LogP contribution < -0.4 is 10.2 Å². The van der Waals surface area contributed by atoms with E-state index in [2.05, 4.69) is 24.4 Å². The summed E-state index contributed by atoms with van der Waals surface area (Å²) in [5, 5.41) is 3.27. The first-order valence-corrected chi connectivity index (χ1v) is 10.7. The second-order valence-electron chi connectivity index (χ2n) is 7.62. The lowest BCUT2D eigenvalue weighted by Crippen LogP contribution is -2.49. The van der Waals surface area contributed by atoms with Crippen LogP contribution >= 0.6 is 11.6 Å². The first-order valence-electron chi connectivity index (χ1n) is 10.3. The lowest BCUT2D eigenvalue weighted by atomic mass is 10.1. The molecule has 0 radical (unpaired) electrons. The van der Waals surface area contributed by atoms with Crippen LogP contribution in [0.3, 0.4) is 0 Å². The van der Waals surface area contributed by atoms with E-state index in [1.807, 2.05) is 35.2 Å². The molecular formula is C25H24ClN3O2. The van der Waals surface area contributed by atoms with Crippen molar-refractivity contribution in [3.8, 4) is 0 Å². The zero-order chi connectivity index (χ0) is 21.8. The molecule has 6 heteroatoms. The van der Waals surface area contributed by atoms with Crippen molar-refractivity contribution >= 4 is 34.9 Å². The summed E-state index contributed by atoms with van der Waals surface area (Å²) in [6.45, 7) is 4.02. The van der Waals surface area contributed by atoms with Crippen LogP contribution in [0.4, 0.5) is 16.2 Å². The quantitative estimate of drug-likeness (QED) is 0.558. The van der Waals surface area contributed by atoms with Gasteiger partial charge in [0.25, 0.3) is 5.91 Å². The number of carbonyl (C=O) groups is 2. The molecule has 1 aliphatic heterocycles. The van der Waals surface area contributed by atoms with Crippen molar-refractivity contribution in [2.75, 3.05) is 23.3 Å². The van der Waals surface area contributed by atoms with Gasteiger partial charge in [0.05, 0.1) is 10.6 Å². The molecule has 0 atom stereocenters. The maximum Gasteiger partial charge on any atom is 0.324 e. The van der Waals surface area contributed by atoms with Gasteiger partial charge in [0.1, 0.15) is 0 Å². The molecule has 0 unspecified atom stereocenters. The second-order valence-corrected chi connectivity index (χ2v) is 8.03. The summed E-state index contributed by atoms with van der Waals surface area (Å²) in [6.07, 6.45) is 0.883. The molecule has 0 bridgehead atoms. The molecule has 5 nitrogen and oxygen atoms in total. The fourth-order valence-electron chi connectivity index (χ4n) is 3.76. The molecule has 3 aromatic carbocycles. The highest BCUT2D eigenvalue weighted by Gasteiger charge is 2.27. The molecule has 0 aromatic heterocycles. The van der Waals surface area contributed by atoms with Crippen LogP contribution in [0, 0.1) is 6.92 Å². The highest BCUT2D eigenvalue weighted by atomic mass is 35.5. The van der Waals surface area contributed by atoms with E-state index in [-0.39, 0.29) is 11.9 Å². The molecule has 4 rings (SSSR count). The number of aryl methyl sites for hydroxylation is 1. The summed E-state index contributed by atoms with van der Waals surface area (Å²) in [7, 11) is 0. The summed E-state index contributed by atoms with van der Waals surface area (Å²) in [5.74, 6) is -0.283. The van der Waals surface area contributed by atoms with Crippen LogP contribution in [0.1, 0.15) is 27.9 Å². The normalized spacial score (nSPS) is 13.9. The number of urea groups is 1. The number of hydrogen-bond donors (Lipinski definition) is 1. The summed E-state index contributed by atoms with van der Waals surface area (Å²) in [4.78, 5) is 29.4. The van der Waals surface area contributed by atoms with Gasteiger partial charge in [0.15, 0.2) is 0 Å². The van der Waals surface area contributed by atoms with Crippen molar-refractivity contribution in [2.24, 2.45) is 0 Å². The third kappa shape index (κ3) is 4.72. The molecule has 1 fully saturated rings. The van der Waals surface area contributed by atoms with Gasteiger partial charge in [-0.25, -0.2) is 4.79 Å². The third-order valence-corrected chi connectivity index (χ3v) is 5.80. The van der Waals surface area contributed by atoms with Gasteiger partial charge in [-0.1, -0.05) is 54.1 Å². The van der Waals surface area contributed by atoms with Crippen LogP contribution in [-0.4, -0.2) is 29.9 Å². The zero-order valence-corrected chi connectivity index (χ0v) is 18.1. The molecule has 1 aliphatic rings. The second kappa shape index (κ2) is 9.23. The number of anilines is 2. The molecule has 1 saturated heterocycles. The van der Waals surface area contributed by atoms with E-state index in [1.54, 1.807) is 35.2 Å². The van der Waals surface area contributed by atoms with Gasteiger partial charge in [0, 0.05) is 31.0 Å². The Morgan fingerprint density at radius 3 is 2.58 bits per heavy atom. The Bertz CT molecular complexity index is 1120. The Labute approximate surface area is 187 Å². The number of hydrogen-bond acceptors (Lipinski definition) is 2.